The van der Waals surface area contributed by atoms with Gasteiger partial charge in [0.15, 0.2) is 0 Å². The Kier molecular flexibility index (Phi) is 6.40. The Balaban J connectivity index is 1.77. The highest BCUT2D eigenvalue weighted by molar-refractivity contribution is 5.91. The summed E-state index contributed by atoms with van der Waals surface area (Å²) in [6, 6.07) is 49.1. The largest absolute Gasteiger partial charge is 0.308 e. The Bertz CT molecular complexity index is 1290. The number of aryl methyl sites for hydroxylation is 1. The molecule has 0 fully saturated rings. The molecule has 0 spiro atoms. The fourth-order valence-corrected chi connectivity index (χ4v) is 4.44. The van der Waals surface area contributed by atoms with Gasteiger partial charge in [0.25, 0.3) is 0 Å². The van der Waals surface area contributed by atoms with Crippen LogP contribution in [-0.4, -0.2) is 0 Å². The summed E-state index contributed by atoms with van der Waals surface area (Å²) in [5.74, 6) is 0. The molecule has 0 N–H and O–H groups in total. The highest BCUT2D eigenvalue weighted by Crippen LogP contribution is 2.45. The van der Waals surface area contributed by atoms with E-state index in [1.165, 1.54) is 11.3 Å². The van der Waals surface area contributed by atoms with Crippen molar-refractivity contribution in [1.29, 1.82) is 0 Å². The Morgan fingerprint density at radius 2 is 0.735 bits per heavy atom. The number of anilines is 6. The van der Waals surface area contributed by atoms with Crippen molar-refractivity contribution >= 4 is 34.1 Å². The SMILES string of the molecule is CCc1ccccc1N(c1ccccc1)c1ccccc1N(c1ccccc1)c1ccccc1. The van der Waals surface area contributed by atoms with Crippen LogP contribution in [-0.2, 0) is 6.42 Å². The lowest BCUT2D eigenvalue weighted by Crippen LogP contribution is -2.17. The molecule has 5 rings (SSSR count). The van der Waals surface area contributed by atoms with E-state index in [1.54, 1.807) is 0 Å². The van der Waals surface area contributed by atoms with Crippen LogP contribution >= 0.6 is 0 Å². The first kappa shape index (κ1) is 21.5. The lowest BCUT2D eigenvalue weighted by atomic mass is 10.1. The number of hydrogen-bond acceptors (Lipinski definition) is 2. The molecule has 0 radical (unpaired) electrons. The van der Waals surface area contributed by atoms with E-state index in [0.717, 1.165) is 34.9 Å². The minimum Gasteiger partial charge on any atom is -0.308 e. The molecule has 166 valence electrons. The smallest absolute Gasteiger partial charge is 0.0702 e. The molecule has 0 bridgehead atoms. The Hall–Kier alpha value is -4.30. The summed E-state index contributed by atoms with van der Waals surface area (Å²) in [5.41, 5.74) is 8.14. The summed E-state index contributed by atoms with van der Waals surface area (Å²) in [6.45, 7) is 2.22. The molecule has 34 heavy (non-hydrogen) atoms. The second kappa shape index (κ2) is 10.1. The molecule has 0 aromatic heterocycles. The van der Waals surface area contributed by atoms with Crippen molar-refractivity contribution in [2.45, 2.75) is 13.3 Å². The third-order valence-electron chi connectivity index (χ3n) is 6.02. The normalized spacial score (nSPS) is 10.6. The first-order valence-corrected chi connectivity index (χ1v) is 11.8. The second-order valence-electron chi connectivity index (χ2n) is 8.15. The first-order chi connectivity index (χ1) is 16.9. The van der Waals surface area contributed by atoms with Crippen LogP contribution < -0.4 is 9.80 Å². The number of hydrogen-bond donors (Lipinski definition) is 0. The predicted molar refractivity (Wildman–Crippen MR) is 145 cm³/mol. The van der Waals surface area contributed by atoms with Gasteiger partial charge in [-0.3, -0.25) is 0 Å². The molecule has 0 saturated heterocycles. The molecule has 2 nitrogen and oxygen atoms in total. The first-order valence-electron chi connectivity index (χ1n) is 11.8. The van der Waals surface area contributed by atoms with E-state index >= 15 is 0 Å². The fourth-order valence-electron chi connectivity index (χ4n) is 4.44. The molecular weight excluding hydrogens is 412 g/mol. The highest BCUT2D eigenvalue weighted by atomic mass is 15.2. The van der Waals surface area contributed by atoms with Crippen molar-refractivity contribution in [3.8, 4) is 0 Å². The molecule has 5 aromatic rings. The van der Waals surface area contributed by atoms with Crippen molar-refractivity contribution in [2.24, 2.45) is 0 Å². The summed E-state index contributed by atoms with van der Waals surface area (Å²) in [6.07, 6.45) is 0.961. The number of rotatable bonds is 7. The van der Waals surface area contributed by atoms with Crippen LogP contribution in [0.25, 0.3) is 0 Å². The zero-order chi connectivity index (χ0) is 23.2. The molecule has 0 aliphatic heterocycles. The van der Waals surface area contributed by atoms with Gasteiger partial charge in [0.2, 0.25) is 0 Å². The third kappa shape index (κ3) is 4.31. The van der Waals surface area contributed by atoms with Crippen LogP contribution in [0.5, 0.6) is 0 Å². The zero-order valence-electron chi connectivity index (χ0n) is 19.4. The van der Waals surface area contributed by atoms with E-state index in [-0.39, 0.29) is 0 Å². The molecule has 0 amide bonds. The van der Waals surface area contributed by atoms with Crippen molar-refractivity contribution in [2.75, 3.05) is 9.80 Å². The Morgan fingerprint density at radius 1 is 0.382 bits per heavy atom. The maximum Gasteiger partial charge on any atom is 0.0702 e. The van der Waals surface area contributed by atoms with Crippen molar-refractivity contribution in [3.63, 3.8) is 0 Å². The van der Waals surface area contributed by atoms with Crippen LogP contribution in [0.2, 0.25) is 0 Å². The van der Waals surface area contributed by atoms with Crippen molar-refractivity contribution < 1.29 is 0 Å². The summed E-state index contributed by atoms with van der Waals surface area (Å²) >= 11 is 0. The quantitative estimate of drug-likeness (QED) is 0.249. The summed E-state index contributed by atoms with van der Waals surface area (Å²) in [5, 5.41) is 0. The molecule has 5 aromatic carbocycles. The lowest BCUT2D eigenvalue weighted by molar-refractivity contribution is 1.11. The maximum atomic E-state index is 2.38. The van der Waals surface area contributed by atoms with Gasteiger partial charge in [0.1, 0.15) is 0 Å². The van der Waals surface area contributed by atoms with Gasteiger partial charge in [-0.05, 0) is 66.6 Å². The van der Waals surface area contributed by atoms with Gasteiger partial charge >= 0.3 is 0 Å². The van der Waals surface area contributed by atoms with E-state index in [9.17, 15) is 0 Å². The summed E-state index contributed by atoms with van der Waals surface area (Å²) in [4.78, 5) is 4.72. The van der Waals surface area contributed by atoms with Gasteiger partial charge in [-0.25, -0.2) is 0 Å². The lowest BCUT2D eigenvalue weighted by Gasteiger charge is -2.34. The van der Waals surface area contributed by atoms with Crippen LogP contribution in [0.15, 0.2) is 140 Å². The highest BCUT2D eigenvalue weighted by Gasteiger charge is 2.22. The maximum absolute atomic E-state index is 2.38. The average molecular weight is 441 g/mol. The molecule has 0 heterocycles. The number of nitrogens with zero attached hydrogens (tertiary/aromatic N) is 2. The number of benzene rings is 5. The van der Waals surface area contributed by atoms with Crippen LogP contribution in [0, 0.1) is 0 Å². The van der Waals surface area contributed by atoms with Crippen molar-refractivity contribution in [3.05, 3.63) is 145 Å². The van der Waals surface area contributed by atoms with Gasteiger partial charge in [-0.15, -0.1) is 0 Å². The molecule has 0 unspecified atom stereocenters. The molecule has 2 heteroatoms. The minimum atomic E-state index is 0.961. The van der Waals surface area contributed by atoms with E-state index in [2.05, 4.69) is 156 Å². The summed E-state index contributed by atoms with van der Waals surface area (Å²) < 4.78 is 0. The van der Waals surface area contributed by atoms with Gasteiger partial charge in [-0.1, -0.05) is 91.9 Å². The van der Waals surface area contributed by atoms with Crippen LogP contribution in [0.4, 0.5) is 34.1 Å². The zero-order valence-corrected chi connectivity index (χ0v) is 19.4. The molecule has 0 saturated carbocycles. The van der Waals surface area contributed by atoms with Gasteiger partial charge in [0.05, 0.1) is 11.4 Å². The van der Waals surface area contributed by atoms with E-state index in [0.29, 0.717) is 0 Å². The van der Waals surface area contributed by atoms with Gasteiger partial charge in [-0.2, -0.15) is 0 Å². The Labute approximate surface area is 202 Å². The van der Waals surface area contributed by atoms with E-state index in [4.69, 9.17) is 0 Å². The standard InChI is InChI=1S/C32H28N2/c1-2-26-16-12-13-23-30(26)34(29-21-10-5-11-22-29)32-25-15-14-24-31(32)33(27-17-6-3-7-18-27)28-19-8-4-9-20-28/h3-25H,2H2,1H3. The fraction of sp³-hybridized carbons (Fsp3) is 0.0625. The van der Waals surface area contributed by atoms with E-state index < -0.39 is 0 Å². The average Bonchev–Trinajstić information content (AvgIpc) is 2.92. The third-order valence-corrected chi connectivity index (χ3v) is 6.02. The topological polar surface area (TPSA) is 6.48 Å². The van der Waals surface area contributed by atoms with E-state index in [1.807, 2.05) is 0 Å². The van der Waals surface area contributed by atoms with Gasteiger partial charge < -0.3 is 9.80 Å². The number of para-hydroxylation sites is 6. The minimum absolute atomic E-state index is 0.961. The van der Waals surface area contributed by atoms with Crippen LogP contribution in [0.1, 0.15) is 12.5 Å². The predicted octanol–water partition coefficient (Wildman–Crippen LogP) is 9.19. The Morgan fingerprint density at radius 3 is 1.21 bits per heavy atom. The molecule has 0 atom stereocenters. The monoisotopic (exact) mass is 440 g/mol. The molecule has 0 aliphatic carbocycles. The van der Waals surface area contributed by atoms with Crippen molar-refractivity contribution in [1.82, 2.24) is 0 Å². The molecule has 0 aliphatic rings. The molecular formula is C32H28N2. The van der Waals surface area contributed by atoms with Crippen LogP contribution in [0.3, 0.4) is 0 Å². The summed E-state index contributed by atoms with van der Waals surface area (Å²) in [7, 11) is 0. The van der Waals surface area contributed by atoms with Gasteiger partial charge in [0, 0.05) is 22.7 Å². The second-order valence-corrected chi connectivity index (χ2v) is 8.15.